The number of aromatic nitrogens is 2. The van der Waals surface area contributed by atoms with Gasteiger partial charge in [-0.05, 0) is 29.9 Å². The molecule has 0 saturated carbocycles. The second kappa shape index (κ2) is 8.62. The van der Waals surface area contributed by atoms with Gasteiger partial charge in [-0.1, -0.05) is 27.7 Å². The third-order valence-corrected chi connectivity index (χ3v) is 6.15. The van der Waals surface area contributed by atoms with E-state index in [2.05, 4.69) is 47.5 Å². The van der Waals surface area contributed by atoms with E-state index in [1.54, 1.807) is 0 Å². The van der Waals surface area contributed by atoms with Crippen molar-refractivity contribution < 1.29 is 8.42 Å². The van der Waals surface area contributed by atoms with Crippen LogP contribution in [-0.4, -0.2) is 56.1 Å². The van der Waals surface area contributed by atoms with Crippen molar-refractivity contribution in [3.05, 3.63) is 17.8 Å². The van der Waals surface area contributed by atoms with Crippen LogP contribution in [0.5, 0.6) is 0 Å². The van der Waals surface area contributed by atoms with E-state index in [-0.39, 0.29) is 24.4 Å². The molecule has 144 valence electrons. The quantitative estimate of drug-likeness (QED) is 0.800. The van der Waals surface area contributed by atoms with E-state index in [9.17, 15) is 8.42 Å². The summed E-state index contributed by atoms with van der Waals surface area (Å²) in [6, 6.07) is 3.83. The third-order valence-electron chi connectivity index (χ3n) is 4.59. The molecule has 25 heavy (non-hydrogen) atoms. The molecule has 0 bridgehead atoms. The Morgan fingerprint density at radius 2 is 1.80 bits per heavy atom. The fourth-order valence-electron chi connectivity index (χ4n) is 2.93. The highest BCUT2D eigenvalue weighted by Crippen LogP contribution is 2.28. The number of anilines is 1. The van der Waals surface area contributed by atoms with Crippen molar-refractivity contribution in [2.24, 2.45) is 11.8 Å². The van der Waals surface area contributed by atoms with E-state index in [1.165, 1.54) is 18.4 Å². The summed E-state index contributed by atoms with van der Waals surface area (Å²) >= 11 is 0. The number of halogens is 1. The summed E-state index contributed by atoms with van der Waals surface area (Å²) in [6.07, 6.45) is 0. The maximum absolute atomic E-state index is 12.2. The molecule has 1 saturated heterocycles. The van der Waals surface area contributed by atoms with Gasteiger partial charge in [0.15, 0.2) is 5.82 Å². The van der Waals surface area contributed by atoms with Crippen molar-refractivity contribution in [1.82, 2.24) is 19.2 Å². The molecule has 0 unspecified atom stereocenters. The normalized spacial score (nSPS) is 21.2. The van der Waals surface area contributed by atoms with Crippen LogP contribution in [0.25, 0.3) is 0 Å². The molecular weight excluding hydrogens is 362 g/mol. The number of hydrogen-bond donors (Lipinski definition) is 1. The van der Waals surface area contributed by atoms with Crippen LogP contribution in [0, 0.1) is 11.8 Å². The Kier molecular flexibility index (Phi) is 7.61. The topological polar surface area (TPSA) is 78.4 Å². The van der Waals surface area contributed by atoms with E-state index in [0.717, 1.165) is 18.1 Å². The van der Waals surface area contributed by atoms with Gasteiger partial charge < -0.3 is 4.90 Å². The van der Waals surface area contributed by atoms with Crippen LogP contribution in [0.2, 0.25) is 0 Å². The molecule has 1 aliphatic rings. The Labute approximate surface area is 157 Å². The predicted octanol–water partition coefficient (Wildman–Crippen LogP) is 1.88. The molecule has 0 amide bonds. The lowest BCUT2D eigenvalue weighted by atomic mass is 9.92. The Hall–Kier alpha value is -0.960. The summed E-state index contributed by atoms with van der Waals surface area (Å²) in [5.41, 5.74) is 0.961. The van der Waals surface area contributed by atoms with Crippen molar-refractivity contribution in [2.75, 3.05) is 32.1 Å². The number of rotatable bonds is 6. The van der Waals surface area contributed by atoms with E-state index < -0.39 is 10.2 Å². The summed E-state index contributed by atoms with van der Waals surface area (Å²) < 4.78 is 28.4. The van der Waals surface area contributed by atoms with Gasteiger partial charge in [0.2, 0.25) is 0 Å². The van der Waals surface area contributed by atoms with Gasteiger partial charge in [-0.3, -0.25) is 0 Å². The Morgan fingerprint density at radius 1 is 1.16 bits per heavy atom. The van der Waals surface area contributed by atoms with Gasteiger partial charge in [-0.25, -0.2) is 0 Å². The van der Waals surface area contributed by atoms with Crippen molar-refractivity contribution in [3.8, 4) is 0 Å². The molecule has 1 aromatic heterocycles. The summed E-state index contributed by atoms with van der Waals surface area (Å²) in [4.78, 5) is 2.12. The molecule has 2 rings (SSSR count). The minimum absolute atomic E-state index is 0. The van der Waals surface area contributed by atoms with Gasteiger partial charge in [0, 0.05) is 33.2 Å². The number of nitrogens with zero attached hydrogens (tertiary/aromatic N) is 4. The lowest BCUT2D eigenvalue weighted by Crippen LogP contribution is -2.46. The van der Waals surface area contributed by atoms with Gasteiger partial charge in [0.1, 0.15) is 0 Å². The van der Waals surface area contributed by atoms with E-state index in [1.807, 2.05) is 12.1 Å². The van der Waals surface area contributed by atoms with Crippen molar-refractivity contribution >= 4 is 28.4 Å². The minimum atomic E-state index is -3.45. The summed E-state index contributed by atoms with van der Waals surface area (Å²) in [7, 11) is -0.376. The number of hydrogen-bond acceptors (Lipinski definition) is 5. The van der Waals surface area contributed by atoms with Crippen molar-refractivity contribution in [1.29, 1.82) is 0 Å². The fraction of sp³-hybridized carbons (Fsp3) is 0.750. The molecule has 0 aromatic carbocycles. The van der Waals surface area contributed by atoms with E-state index in [0.29, 0.717) is 18.4 Å². The zero-order chi connectivity index (χ0) is 18.1. The van der Waals surface area contributed by atoms with E-state index in [4.69, 9.17) is 0 Å². The van der Waals surface area contributed by atoms with Crippen molar-refractivity contribution in [3.63, 3.8) is 0 Å². The van der Waals surface area contributed by atoms with Crippen molar-refractivity contribution in [2.45, 2.75) is 39.7 Å². The first-order valence-corrected chi connectivity index (χ1v) is 9.84. The van der Waals surface area contributed by atoms with Gasteiger partial charge >= 0.3 is 0 Å². The van der Waals surface area contributed by atoms with Crippen LogP contribution in [0.3, 0.4) is 0 Å². The standard InChI is InChI=1S/C16H29N5O2S.ClH/c1-11(2)13-9-21(10-15(13)19-24(22,23)20(5)6)16-8-7-14(12(3)4)17-18-16;/h7-8,11-13,15,19H,9-10H2,1-6H3;1H/t13-,15+;/m1./s1. The molecule has 2 heterocycles. The van der Waals surface area contributed by atoms with Crippen LogP contribution in [-0.2, 0) is 10.2 Å². The molecular formula is C16H30ClN5O2S. The maximum atomic E-state index is 12.2. The van der Waals surface area contributed by atoms with Gasteiger partial charge in [-0.2, -0.15) is 22.5 Å². The summed E-state index contributed by atoms with van der Waals surface area (Å²) in [5.74, 6) is 1.74. The lowest BCUT2D eigenvalue weighted by molar-refractivity contribution is 0.358. The smallest absolute Gasteiger partial charge is 0.279 e. The maximum Gasteiger partial charge on any atom is 0.279 e. The molecule has 0 spiro atoms. The second-order valence-corrected chi connectivity index (χ2v) is 9.21. The largest absolute Gasteiger partial charge is 0.353 e. The second-order valence-electron chi connectivity index (χ2n) is 7.30. The van der Waals surface area contributed by atoms with Gasteiger partial charge in [0.05, 0.1) is 5.69 Å². The highest BCUT2D eigenvalue weighted by molar-refractivity contribution is 7.87. The third kappa shape index (κ3) is 5.26. The van der Waals surface area contributed by atoms with Crippen LogP contribution in [0.15, 0.2) is 12.1 Å². The molecule has 0 aliphatic carbocycles. The van der Waals surface area contributed by atoms with E-state index >= 15 is 0 Å². The average molecular weight is 392 g/mol. The fourth-order valence-corrected chi connectivity index (χ4v) is 3.77. The molecule has 9 heteroatoms. The SMILES string of the molecule is CC(C)c1ccc(N2C[C@H](NS(=O)(=O)N(C)C)[C@@H](C(C)C)C2)nn1.Cl. The molecule has 0 radical (unpaired) electrons. The molecule has 1 aromatic rings. The first kappa shape index (κ1) is 22.1. The Balaban J connectivity index is 0.00000312. The van der Waals surface area contributed by atoms with Gasteiger partial charge in [0.25, 0.3) is 10.2 Å². The highest BCUT2D eigenvalue weighted by Gasteiger charge is 2.38. The molecule has 1 aliphatic heterocycles. The van der Waals surface area contributed by atoms with Crippen LogP contribution in [0.4, 0.5) is 5.82 Å². The molecule has 7 nitrogen and oxygen atoms in total. The summed E-state index contributed by atoms with van der Waals surface area (Å²) in [6.45, 7) is 9.79. The average Bonchev–Trinajstić information content (AvgIpc) is 2.90. The Bertz CT molecular complexity index is 649. The highest BCUT2D eigenvalue weighted by atomic mass is 35.5. The lowest BCUT2D eigenvalue weighted by Gasteiger charge is -2.24. The van der Waals surface area contributed by atoms with Crippen LogP contribution in [0.1, 0.15) is 39.3 Å². The molecule has 1 fully saturated rings. The minimum Gasteiger partial charge on any atom is -0.353 e. The first-order chi connectivity index (χ1) is 11.1. The molecule has 2 atom stereocenters. The zero-order valence-corrected chi connectivity index (χ0v) is 17.4. The first-order valence-electron chi connectivity index (χ1n) is 8.40. The molecule has 1 N–H and O–H groups in total. The van der Waals surface area contributed by atoms with Crippen LogP contribution >= 0.6 is 12.4 Å². The predicted molar refractivity (Wildman–Crippen MR) is 103 cm³/mol. The summed E-state index contributed by atoms with van der Waals surface area (Å²) in [5, 5.41) is 8.61. The van der Waals surface area contributed by atoms with Crippen LogP contribution < -0.4 is 9.62 Å². The zero-order valence-electron chi connectivity index (χ0n) is 15.8. The Morgan fingerprint density at radius 3 is 2.24 bits per heavy atom. The number of nitrogens with one attached hydrogen (secondary N) is 1. The van der Waals surface area contributed by atoms with Gasteiger partial charge in [-0.15, -0.1) is 17.5 Å². The monoisotopic (exact) mass is 391 g/mol.